The number of hydrogen-bond donors (Lipinski definition) is 0. The molecule has 3 heterocycles. The number of methoxy groups -OCH3 is 3. The lowest BCUT2D eigenvalue weighted by molar-refractivity contribution is -0.137. The molecule has 21 nitrogen and oxygen atoms in total. The molecule has 107 heavy (non-hydrogen) atoms. The molecule has 0 radical (unpaired) electrons. The smallest absolute Gasteiger partial charge is 0.416 e. The van der Waals surface area contributed by atoms with Crippen molar-refractivity contribution in [1.82, 2.24) is 27.4 Å². The number of aryl methyl sites for hydroxylation is 1. The van der Waals surface area contributed by atoms with Crippen molar-refractivity contribution in [2.24, 2.45) is 0 Å². The molecule has 1 aliphatic carbocycles. The summed E-state index contributed by atoms with van der Waals surface area (Å²) in [4.78, 5) is 41.1. The average molecular weight is 1540 g/mol. The molecule has 0 amide bonds. The number of imidazole rings is 3. The lowest BCUT2D eigenvalue weighted by Crippen LogP contribution is -2.32. The Hall–Kier alpha value is -9.97. The fraction of sp³-hybridized carbons (Fsp3) is 0.346. The van der Waals surface area contributed by atoms with Crippen LogP contribution in [0, 0.1) is 11.6 Å². The van der Waals surface area contributed by atoms with Gasteiger partial charge in [0.05, 0.1) is 109 Å². The largest absolute Gasteiger partial charge is 0.493 e. The maximum atomic E-state index is 14.6. The summed E-state index contributed by atoms with van der Waals surface area (Å²) in [5.74, 6) is 1.79. The first-order chi connectivity index (χ1) is 50.4. The molecule has 572 valence electrons. The maximum Gasteiger partial charge on any atom is 0.416 e. The summed E-state index contributed by atoms with van der Waals surface area (Å²) < 4.78 is 174. The third-order valence-corrected chi connectivity index (χ3v) is 20.7. The topological polar surface area (TPSA) is 253 Å². The second-order valence-corrected chi connectivity index (χ2v) is 31.7. The molecular formula is C78H87F5N6O15S3. The fourth-order valence-electron chi connectivity index (χ4n) is 13.3. The van der Waals surface area contributed by atoms with Gasteiger partial charge in [0.15, 0.2) is 34.5 Å². The second-order valence-electron chi connectivity index (χ2n) is 25.8. The quantitative estimate of drug-likeness (QED) is 0.0457. The summed E-state index contributed by atoms with van der Waals surface area (Å²) in [5, 5.41) is 0. The zero-order valence-electron chi connectivity index (χ0n) is 61.3. The number of fused-ring (bicyclic) bond motifs is 3. The predicted molar refractivity (Wildman–Crippen MR) is 408 cm³/mol. The molecule has 0 aliphatic heterocycles. The van der Waals surface area contributed by atoms with Gasteiger partial charge in [-0.15, -0.1) is 0 Å². The minimum atomic E-state index is -4.58. The number of sulfone groups is 2. The van der Waals surface area contributed by atoms with E-state index in [-0.39, 0.29) is 69.7 Å². The van der Waals surface area contributed by atoms with Gasteiger partial charge in [-0.05, 0) is 173 Å². The number of ether oxygens (including phenoxy) is 6. The van der Waals surface area contributed by atoms with Crippen LogP contribution >= 0.6 is 0 Å². The average Bonchev–Trinajstić information content (AvgIpc) is 1.59. The maximum absolute atomic E-state index is 14.6. The van der Waals surface area contributed by atoms with Gasteiger partial charge in [0, 0.05) is 65.1 Å². The monoisotopic (exact) mass is 1540 g/mol. The van der Waals surface area contributed by atoms with Crippen LogP contribution < -0.4 is 45.5 Å². The van der Waals surface area contributed by atoms with Crippen LogP contribution in [0.2, 0.25) is 0 Å². The van der Waals surface area contributed by atoms with Crippen LogP contribution in [0.15, 0.2) is 172 Å². The van der Waals surface area contributed by atoms with Crippen molar-refractivity contribution >= 4 is 63.6 Å². The molecule has 29 heteroatoms. The first-order valence-electron chi connectivity index (χ1n) is 34.3. The van der Waals surface area contributed by atoms with E-state index in [1.807, 2.05) is 68.7 Å². The summed E-state index contributed by atoms with van der Waals surface area (Å²) in [5.41, 5.74) is 5.03. The van der Waals surface area contributed by atoms with Gasteiger partial charge in [-0.1, -0.05) is 66.7 Å². The van der Waals surface area contributed by atoms with E-state index in [1.165, 1.54) is 46.1 Å². The highest BCUT2D eigenvalue weighted by molar-refractivity contribution is 7.91. The van der Waals surface area contributed by atoms with E-state index >= 15 is 0 Å². The van der Waals surface area contributed by atoms with Gasteiger partial charge in [-0.2, -0.15) is 13.2 Å². The molecule has 0 spiro atoms. The normalized spacial score (nSPS) is 13.6. The van der Waals surface area contributed by atoms with Gasteiger partial charge in [0.1, 0.15) is 31.3 Å². The molecule has 1 saturated carbocycles. The summed E-state index contributed by atoms with van der Waals surface area (Å²) in [6.07, 6.45) is 1.09. The van der Waals surface area contributed by atoms with Gasteiger partial charge in [0.2, 0.25) is 0 Å². The van der Waals surface area contributed by atoms with Crippen molar-refractivity contribution < 1.29 is 76.9 Å². The third-order valence-electron chi connectivity index (χ3n) is 18.1. The number of rotatable bonds is 26. The SMILES string of the molecule is CCOc1cc(C(CS(C)(=O)=O)n2c(=O)n(C(C)C)c3cc(-c4ccccc4F)ccc32)ccc1OC.CCOc1cc(C(CS(C)(=O)=O)n2c(=O)n(CC)c3cc(C(F)(F)F)ccc32)ccc1OC.CCOc1cc(C(CS(C)=O)n2c(=O)n(C3CC3)c3cc(-c4ccccc4F)ccc32)ccc1OC.O. The van der Waals surface area contributed by atoms with Crippen LogP contribution in [-0.4, -0.2) is 131 Å². The molecule has 1 aliphatic rings. The predicted octanol–water partition coefficient (Wildman–Crippen LogP) is 13.6. The number of halogens is 5. The number of aromatic nitrogens is 6. The zero-order chi connectivity index (χ0) is 76.9. The van der Waals surface area contributed by atoms with Crippen LogP contribution in [0.25, 0.3) is 55.4 Å². The van der Waals surface area contributed by atoms with E-state index in [2.05, 4.69) is 0 Å². The molecule has 1 fully saturated rings. The van der Waals surface area contributed by atoms with E-state index < -0.39 is 71.8 Å². The zero-order valence-corrected chi connectivity index (χ0v) is 63.7. The number of benzene rings is 8. The number of hydrogen-bond acceptors (Lipinski definition) is 14. The van der Waals surface area contributed by atoms with Gasteiger partial charge in [0.25, 0.3) is 0 Å². The van der Waals surface area contributed by atoms with Gasteiger partial charge in [-0.3, -0.25) is 31.6 Å². The number of alkyl halides is 3. The molecule has 2 N–H and O–H groups in total. The lowest BCUT2D eigenvalue weighted by atomic mass is 10.0. The van der Waals surface area contributed by atoms with Gasteiger partial charge < -0.3 is 33.9 Å². The summed E-state index contributed by atoms with van der Waals surface area (Å²) >= 11 is 0. The summed E-state index contributed by atoms with van der Waals surface area (Å²) in [6.45, 7) is 12.2. The van der Waals surface area contributed by atoms with Crippen LogP contribution in [0.1, 0.15) is 107 Å². The van der Waals surface area contributed by atoms with Gasteiger partial charge >= 0.3 is 23.2 Å². The Morgan fingerprint density at radius 3 is 1.28 bits per heavy atom. The van der Waals surface area contributed by atoms with Crippen molar-refractivity contribution in [3.8, 4) is 56.8 Å². The van der Waals surface area contributed by atoms with Crippen molar-refractivity contribution in [3.63, 3.8) is 0 Å². The van der Waals surface area contributed by atoms with Crippen LogP contribution in [-0.2, 0) is 43.2 Å². The molecule has 12 rings (SSSR count). The molecule has 11 aromatic rings. The molecule has 8 aromatic carbocycles. The Labute approximate surface area is 618 Å². The third kappa shape index (κ3) is 17.9. The van der Waals surface area contributed by atoms with Crippen molar-refractivity contribution in [2.45, 2.75) is 97.3 Å². The second kappa shape index (κ2) is 33.9. The van der Waals surface area contributed by atoms with E-state index in [1.54, 1.807) is 127 Å². The van der Waals surface area contributed by atoms with E-state index in [0.717, 1.165) is 54.1 Å². The first kappa shape index (κ1) is 81.1. The highest BCUT2D eigenvalue weighted by atomic mass is 32.2. The van der Waals surface area contributed by atoms with Crippen LogP contribution in [0.3, 0.4) is 0 Å². The summed E-state index contributed by atoms with van der Waals surface area (Å²) in [7, 11) is -3.71. The van der Waals surface area contributed by atoms with Crippen LogP contribution in [0.4, 0.5) is 22.0 Å². The van der Waals surface area contributed by atoms with Gasteiger partial charge in [-0.25, -0.2) is 40.0 Å². The Morgan fingerprint density at radius 2 is 0.888 bits per heavy atom. The van der Waals surface area contributed by atoms with Crippen molar-refractivity contribution in [3.05, 3.63) is 223 Å². The van der Waals surface area contributed by atoms with E-state index in [4.69, 9.17) is 28.4 Å². The van der Waals surface area contributed by atoms with E-state index in [0.29, 0.717) is 98.7 Å². The van der Waals surface area contributed by atoms with Crippen molar-refractivity contribution in [1.29, 1.82) is 0 Å². The number of nitrogens with zero attached hydrogens (tertiary/aromatic N) is 6. The highest BCUT2D eigenvalue weighted by Crippen LogP contribution is 2.42. The molecule has 0 bridgehead atoms. The Balaban J connectivity index is 0.000000185. The minimum absolute atomic E-state index is 0. The molecule has 0 saturated heterocycles. The molecule has 3 aromatic heterocycles. The summed E-state index contributed by atoms with van der Waals surface area (Å²) in [6, 6.07) is 40.1. The first-order valence-corrected chi connectivity index (χ1v) is 40.2. The van der Waals surface area contributed by atoms with Crippen LogP contribution in [0.5, 0.6) is 34.5 Å². The molecular weight excluding hydrogens is 1450 g/mol. The Morgan fingerprint density at radius 1 is 0.486 bits per heavy atom. The Bertz CT molecular complexity index is 5510. The molecule has 4 unspecified atom stereocenters. The highest BCUT2D eigenvalue weighted by Gasteiger charge is 2.35. The lowest BCUT2D eigenvalue weighted by Gasteiger charge is -2.20. The van der Waals surface area contributed by atoms with E-state index in [9.17, 15) is 57.4 Å². The minimum Gasteiger partial charge on any atom is -0.493 e. The fourth-order valence-corrected chi connectivity index (χ4v) is 15.9. The van der Waals surface area contributed by atoms with Crippen molar-refractivity contribution in [2.75, 3.05) is 77.2 Å². The Kier molecular flexibility index (Phi) is 25.7. The standard InChI is InChI=1S/C28H31FN2O5S.C28H29FN2O4S.C22H25F3N2O5S.H2O/c1-6-36-27-16-20(12-14-26(27)35-4)25(17-37(5,33)34)31-23-13-11-19(21-9-7-8-10-22(21)29)15-24(23)30(18(2)3)28(31)32;1-4-35-27-16-19(10-14-26(27)34-2)25(17-36(3)33)31-23-13-9-18(21-7-5-6-8-22(21)29)15-24(23)30(28(31)32)20-11-12-20;1-5-26-17-12-15(22(23,24)25)8-9-16(17)27(21(26)28)18(13-33(4,29)30)14-7-10-19(31-3)20(11-14)32-6-2;/h7-16,18,25H,6,17H2,1-5H3;5-10,13-16,20,25H,4,11-12,17H2,1-3H3;7-12,18H,5-6,13H2,1-4H3;1H2. The molecule has 4 atom stereocenters.